The quantitative estimate of drug-likeness (QED) is 0.649. The zero-order valence-electron chi connectivity index (χ0n) is 8.81. The Balaban J connectivity index is 2.27. The Kier molecular flexibility index (Phi) is 2.55. The highest BCUT2D eigenvalue weighted by atomic mass is 15.2. The van der Waals surface area contributed by atoms with E-state index in [9.17, 15) is 0 Å². The van der Waals surface area contributed by atoms with Gasteiger partial charge in [-0.1, -0.05) is 6.07 Å². The van der Waals surface area contributed by atoms with Crippen molar-refractivity contribution in [2.75, 3.05) is 16.8 Å². The summed E-state index contributed by atoms with van der Waals surface area (Å²) in [5.74, 6) is 1.17. The van der Waals surface area contributed by atoms with Gasteiger partial charge in [0.05, 0.1) is 0 Å². The Morgan fingerprint density at radius 3 is 2.62 bits per heavy atom. The summed E-state index contributed by atoms with van der Waals surface area (Å²) >= 11 is 0. The van der Waals surface area contributed by atoms with Crippen molar-refractivity contribution in [1.29, 1.82) is 0 Å². The predicted octanol–water partition coefficient (Wildman–Crippen LogP) is 1.09. The van der Waals surface area contributed by atoms with Crippen LogP contribution < -0.4 is 16.8 Å². The number of nitrogen functional groups attached to an aromatic ring is 2. The predicted molar refractivity (Wildman–Crippen MR) is 63.1 cm³/mol. The number of nitrogens with two attached hydrogens (primary N) is 2. The van der Waals surface area contributed by atoms with Crippen molar-refractivity contribution in [2.24, 2.45) is 0 Å². The summed E-state index contributed by atoms with van der Waals surface area (Å²) in [6.45, 7) is 1.75. The molecule has 6 heteroatoms. The highest BCUT2D eigenvalue weighted by molar-refractivity contribution is 5.59. The number of hydrogen-bond donors (Lipinski definition) is 3. The van der Waals surface area contributed by atoms with Gasteiger partial charge in [-0.15, -0.1) is 0 Å². The van der Waals surface area contributed by atoms with Crippen molar-refractivity contribution in [3.63, 3.8) is 0 Å². The minimum absolute atomic E-state index is 0.193. The number of nitrogens with one attached hydrogen (secondary N) is 1. The van der Waals surface area contributed by atoms with Gasteiger partial charge < -0.3 is 16.8 Å². The Morgan fingerprint density at radius 1 is 1.12 bits per heavy atom. The van der Waals surface area contributed by atoms with Crippen LogP contribution >= 0.6 is 0 Å². The molecule has 0 aliphatic rings. The second kappa shape index (κ2) is 4.01. The molecule has 2 rings (SSSR count). The van der Waals surface area contributed by atoms with Crippen LogP contribution in [0.5, 0.6) is 0 Å². The molecule has 1 aromatic heterocycles. The number of nitrogens with zero attached hydrogens (tertiary/aromatic N) is 3. The summed E-state index contributed by atoms with van der Waals surface area (Å²) in [4.78, 5) is 12.0. The lowest BCUT2D eigenvalue weighted by molar-refractivity contribution is 0.995. The van der Waals surface area contributed by atoms with Crippen molar-refractivity contribution >= 4 is 23.3 Å². The van der Waals surface area contributed by atoms with E-state index in [0.29, 0.717) is 17.5 Å². The molecular formula is C10H12N6. The van der Waals surface area contributed by atoms with Gasteiger partial charge in [-0.25, -0.2) is 0 Å². The van der Waals surface area contributed by atoms with E-state index in [1.165, 1.54) is 0 Å². The number of hydrogen-bond acceptors (Lipinski definition) is 6. The minimum atomic E-state index is 0.193. The SMILES string of the molecule is Cc1nc(N)nc(Nc2cccc(N)c2)n1. The fraction of sp³-hybridized carbons (Fsp3) is 0.100. The van der Waals surface area contributed by atoms with E-state index in [1.807, 2.05) is 12.1 Å². The average Bonchev–Trinajstić information content (AvgIpc) is 2.15. The molecule has 0 bridgehead atoms. The molecule has 0 spiro atoms. The molecule has 0 fully saturated rings. The molecule has 2 aromatic rings. The Bertz CT molecular complexity index is 490. The largest absolute Gasteiger partial charge is 0.399 e. The molecule has 0 amide bonds. The van der Waals surface area contributed by atoms with Gasteiger partial charge in [0, 0.05) is 11.4 Å². The van der Waals surface area contributed by atoms with Crippen LogP contribution in [0, 0.1) is 6.92 Å². The summed E-state index contributed by atoms with van der Waals surface area (Å²) in [6, 6.07) is 7.30. The molecule has 82 valence electrons. The van der Waals surface area contributed by atoms with Crippen molar-refractivity contribution in [3.05, 3.63) is 30.1 Å². The first kappa shape index (κ1) is 10.2. The number of benzene rings is 1. The molecule has 0 radical (unpaired) electrons. The van der Waals surface area contributed by atoms with Crippen LogP contribution in [-0.2, 0) is 0 Å². The Hall–Kier alpha value is -2.37. The molecule has 0 saturated heterocycles. The van der Waals surface area contributed by atoms with Gasteiger partial charge in [-0.2, -0.15) is 15.0 Å². The third-order valence-corrected chi connectivity index (χ3v) is 1.91. The van der Waals surface area contributed by atoms with Gasteiger partial charge in [0.15, 0.2) is 0 Å². The standard InChI is InChI=1S/C10H12N6/c1-6-13-9(12)16-10(14-6)15-8-4-2-3-7(11)5-8/h2-5H,11H2,1H3,(H3,12,13,14,15,16). The molecule has 16 heavy (non-hydrogen) atoms. The molecule has 0 saturated carbocycles. The van der Waals surface area contributed by atoms with E-state index >= 15 is 0 Å². The Morgan fingerprint density at radius 2 is 1.94 bits per heavy atom. The Labute approximate surface area is 92.7 Å². The average molecular weight is 216 g/mol. The summed E-state index contributed by atoms with van der Waals surface area (Å²) < 4.78 is 0. The number of anilines is 4. The molecule has 1 aromatic carbocycles. The second-order valence-electron chi connectivity index (χ2n) is 3.31. The first-order chi connectivity index (χ1) is 7.63. The molecule has 0 unspecified atom stereocenters. The maximum atomic E-state index is 5.65. The number of rotatable bonds is 2. The zero-order valence-corrected chi connectivity index (χ0v) is 8.81. The lowest BCUT2D eigenvalue weighted by atomic mass is 10.3. The topological polar surface area (TPSA) is 103 Å². The fourth-order valence-corrected chi connectivity index (χ4v) is 1.30. The molecular weight excluding hydrogens is 204 g/mol. The summed E-state index contributed by atoms with van der Waals surface area (Å²) in [5, 5.41) is 3.00. The number of aryl methyl sites for hydroxylation is 1. The van der Waals surface area contributed by atoms with E-state index in [2.05, 4.69) is 20.3 Å². The maximum absolute atomic E-state index is 5.65. The lowest BCUT2D eigenvalue weighted by Gasteiger charge is -2.06. The molecule has 0 atom stereocenters. The maximum Gasteiger partial charge on any atom is 0.232 e. The van der Waals surface area contributed by atoms with E-state index in [1.54, 1.807) is 19.1 Å². The minimum Gasteiger partial charge on any atom is -0.399 e. The van der Waals surface area contributed by atoms with Crippen LogP contribution in [-0.4, -0.2) is 15.0 Å². The summed E-state index contributed by atoms with van der Waals surface area (Å²) in [6.07, 6.45) is 0. The van der Waals surface area contributed by atoms with Crippen molar-refractivity contribution < 1.29 is 0 Å². The van der Waals surface area contributed by atoms with Crippen LogP contribution in [0.4, 0.5) is 23.3 Å². The summed E-state index contributed by atoms with van der Waals surface area (Å²) in [7, 11) is 0. The monoisotopic (exact) mass is 216 g/mol. The van der Waals surface area contributed by atoms with Crippen LogP contribution in [0.1, 0.15) is 5.82 Å². The van der Waals surface area contributed by atoms with E-state index < -0.39 is 0 Å². The van der Waals surface area contributed by atoms with Crippen molar-refractivity contribution in [3.8, 4) is 0 Å². The third kappa shape index (κ3) is 2.35. The molecule has 6 nitrogen and oxygen atoms in total. The zero-order chi connectivity index (χ0) is 11.5. The van der Waals surface area contributed by atoms with Crippen LogP contribution in [0.2, 0.25) is 0 Å². The van der Waals surface area contributed by atoms with Crippen LogP contribution in [0.15, 0.2) is 24.3 Å². The molecule has 5 N–H and O–H groups in total. The van der Waals surface area contributed by atoms with Gasteiger partial charge in [0.25, 0.3) is 0 Å². The molecule has 1 heterocycles. The first-order valence-electron chi connectivity index (χ1n) is 4.74. The van der Waals surface area contributed by atoms with Gasteiger partial charge >= 0.3 is 0 Å². The van der Waals surface area contributed by atoms with Crippen LogP contribution in [0.25, 0.3) is 0 Å². The van der Waals surface area contributed by atoms with Gasteiger partial charge in [-0.3, -0.25) is 0 Å². The second-order valence-corrected chi connectivity index (χ2v) is 3.31. The van der Waals surface area contributed by atoms with Crippen LogP contribution in [0.3, 0.4) is 0 Å². The fourth-order valence-electron chi connectivity index (χ4n) is 1.30. The lowest BCUT2D eigenvalue weighted by Crippen LogP contribution is -2.04. The van der Waals surface area contributed by atoms with Crippen molar-refractivity contribution in [2.45, 2.75) is 6.92 Å². The molecule has 0 aliphatic heterocycles. The van der Waals surface area contributed by atoms with E-state index in [4.69, 9.17) is 11.5 Å². The normalized spacial score (nSPS) is 10.1. The van der Waals surface area contributed by atoms with E-state index in [-0.39, 0.29) is 5.95 Å². The number of aromatic nitrogens is 3. The molecule has 0 aliphatic carbocycles. The van der Waals surface area contributed by atoms with Gasteiger partial charge in [0.2, 0.25) is 11.9 Å². The van der Waals surface area contributed by atoms with Crippen molar-refractivity contribution in [1.82, 2.24) is 15.0 Å². The van der Waals surface area contributed by atoms with Gasteiger partial charge in [-0.05, 0) is 25.1 Å². The first-order valence-corrected chi connectivity index (χ1v) is 4.74. The third-order valence-electron chi connectivity index (χ3n) is 1.91. The smallest absolute Gasteiger partial charge is 0.232 e. The van der Waals surface area contributed by atoms with E-state index in [0.717, 1.165) is 5.69 Å². The van der Waals surface area contributed by atoms with Gasteiger partial charge in [0.1, 0.15) is 5.82 Å². The highest BCUT2D eigenvalue weighted by Gasteiger charge is 2.01. The highest BCUT2D eigenvalue weighted by Crippen LogP contribution is 2.15. The summed E-state index contributed by atoms with van der Waals surface area (Å²) in [5.41, 5.74) is 12.7.